The maximum atomic E-state index is 13.7. The summed E-state index contributed by atoms with van der Waals surface area (Å²) in [4.78, 5) is 18.2. The van der Waals surface area contributed by atoms with Gasteiger partial charge in [-0.05, 0) is 51.4 Å². The molecule has 30 heavy (non-hydrogen) atoms. The molecule has 1 heterocycles. The molecule has 0 radical (unpaired) electrons. The first kappa shape index (κ1) is 20.7. The van der Waals surface area contributed by atoms with Crippen LogP contribution in [0.5, 0.6) is 5.75 Å². The standard InChI is InChI=1S/C23H16BrClN2O2S/c24-16-11-15(12-17(25)22(16)29)20-18(21(28)14-9-5-2-6-10-14)19(26-23(30)27-20)13-7-3-1-4-8-13/h1-12,18,20,29H,(H,27,30). The Morgan fingerprint density at radius 3 is 2.33 bits per heavy atom. The van der Waals surface area contributed by atoms with Crippen LogP contribution in [0.4, 0.5) is 0 Å². The third-order valence-corrected chi connectivity index (χ3v) is 6.04. The number of carbonyl (C=O) groups is 1. The van der Waals surface area contributed by atoms with Crippen LogP contribution >= 0.6 is 39.7 Å². The summed E-state index contributed by atoms with van der Waals surface area (Å²) in [5.41, 5.74) is 2.71. The minimum atomic E-state index is -0.644. The van der Waals surface area contributed by atoms with Crippen LogP contribution in [0.1, 0.15) is 27.5 Å². The third-order valence-electron chi connectivity index (χ3n) is 4.94. The molecule has 4 nitrogen and oxygen atoms in total. The molecule has 0 saturated heterocycles. The second kappa shape index (κ2) is 8.68. The number of nitrogens with one attached hydrogen (secondary N) is 1. The van der Waals surface area contributed by atoms with Gasteiger partial charge in [0.05, 0.1) is 27.2 Å². The molecule has 3 aromatic carbocycles. The van der Waals surface area contributed by atoms with E-state index in [-0.39, 0.29) is 21.7 Å². The molecular formula is C23H16BrClN2O2S. The van der Waals surface area contributed by atoms with E-state index in [2.05, 4.69) is 26.2 Å². The zero-order valence-corrected chi connectivity index (χ0v) is 18.7. The lowest BCUT2D eigenvalue weighted by molar-refractivity contribution is 0.0936. The van der Waals surface area contributed by atoms with Crippen molar-refractivity contribution in [2.45, 2.75) is 6.04 Å². The predicted octanol–water partition coefficient (Wildman–Crippen LogP) is 5.73. The van der Waals surface area contributed by atoms with Crippen molar-refractivity contribution in [2.24, 2.45) is 10.9 Å². The molecule has 0 fully saturated rings. The molecule has 0 aromatic heterocycles. The molecular weight excluding hydrogens is 484 g/mol. The van der Waals surface area contributed by atoms with E-state index < -0.39 is 12.0 Å². The maximum Gasteiger partial charge on any atom is 0.193 e. The van der Waals surface area contributed by atoms with Crippen molar-refractivity contribution in [3.8, 4) is 5.75 Å². The fourth-order valence-electron chi connectivity index (χ4n) is 3.54. The summed E-state index contributed by atoms with van der Waals surface area (Å²) in [6, 6.07) is 21.5. The molecule has 7 heteroatoms. The minimum Gasteiger partial charge on any atom is -0.505 e. The van der Waals surface area contributed by atoms with E-state index in [1.54, 1.807) is 24.3 Å². The van der Waals surface area contributed by atoms with Crippen LogP contribution in [0.2, 0.25) is 5.02 Å². The average molecular weight is 500 g/mol. The second-order valence-corrected chi connectivity index (χ2v) is 8.48. The molecule has 0 bridgehead atoms. The van der Waals surface area contributed by atoms with E-state index in [1.165, 1.54) is 0 Å². The fraction of sp³-hybridized carbons (Fsp3) is 0.0870. The number of benzene rings is 3. The smallest absolute Gasteiger partial charge is 0.193 e. The monoisotopic (exact) mass is 498 g/mol. The summed E-state index contributed by atoms with van der Waals surface area (Å²) in [5.74, 6) is -0.783. The van der Waals surface area contributed by atoms with E-state index in [0.717, 1.165) is 5.56 Å². The van der Waals surface area contributed by atoms with Gasteiger partial charge >= 0.3 is 0 Å². The molecule has 0 amide bonds. The summed E-state index contributed by atoms with van der Waals surface area (Å²) < 4.78 is 0.437. The number of hydrogen-bond donors (Lipinski definition) is 2. The molecule has 0 saturated carbocycles. The molecule has 1 aliphatic rings. The summed E-state index contributed by atoms with van der Waals surface area (Å²) >= 11 is 15.0. The number of Topliss-reactive ketones (excluding diaryl/α,β-unsaturated/α-hetero) is 1. The van der Waals surface area contributed by atoms with Gasteiger partial charge in [0.15, 0.2) is 10.9 Å². The largest absolute Gasteiger partial charge is 0.505 e. The molecule has 2 atom stereocenters. The molecule has 0 aliphatic carbocycles. The van der Waals surface area contributed by atoms with Gasteiger partial charge in [0, 0.05) is 5.56 Å². The van der Waals surface area contributed by atoms with Crippen LogP contribution in [-0.4, -0.2) is 21.7 Å². The molecule has 2 N–H and O–H groups in total. The van der Waals surface area contributed by atoms with E-state index in [0.29, 0.717) is 21.3 Å². The Kier molecular flexibility index (Phi) is 5.99. The van der Waals surface area contributed by atoms with Gasteiger partial charge in [-0.15, -0.1) is 0 Å². The lowest BCUT2D eigenvalue weighted by Gasteiger charge is -2.33. The number of hydrogen-bond acceptors (Lipinski definition) is 3. The first-order chi connectivity index (χ1) is 14.5. The van der Waals surface area contributed by atoms with Crippen LogP contribution in [0.3, 0.4) is 0 Å². The molecule has 2 unspecified atom stereocenters. The number of halogens is 2. The van der Waals surface area contributed by atoms with Gasteiger partial charge in [0.25, 0.3) is 0 Å². The first-order valence-corrected chi connectivity index (χ1v) is 10.8. The van der Waals surface area contributed by atoms with Crippen LogP contribution < -0.4 is 5.32 Å². The normalized spacial score (nSPS) is 18.5. The number of phenolic OH excluding ortho intramolecular Hbond substituents is 1. The number of rotatable bonds is 4. The fourth-order valence-corrected chi connectivity index (χ4v) is 4.58. The molecule has 1 aliphatic heterocycles. The number of nitrogens with zero attached hydrogens (tertiary/aromatic N) is 1. The number of ketones is 1. The van der Waals surface area contributed by atoms with Crippen molar-refractivity contribution in [2.75, 3.05) is 0 Å². The highest BCUT2D eigenvalue weighted by Gasteiger charge is 2.39. The van der Waals surface area contributed by atoms with Gasteiger partial charge in [-0.25, -0.2) is 4.99 Å². The van der Waals surface area contributed by atoms with Crippen molar-refractivity contribution in [1.29, 1.82) is 0 Å². The van der Waals surface area contributed by atoms with Crippen molar-refractivity contribution in [3.63, 3.8) is 0 Å². The topological polar surface area (TPSA) is 61.7 Å². The van der Waals surface area contributed by atoms with E-state index in [9.17, 15) is 9.90 Å². The molecule has 150 valence electrons. The van der Waals surface area contributed by atoms with Gasteiger partial charge in [-0.3, -0.25) is 4.79 Å². The van der Waals surface area contributed by atoms with Crippen molar-refractivity contribution < 1.29 is 9.90 Å². The van der Waals surface area contributed by atoms with Crippen LogP contribution in [0.15, 0.2) is 82.3 Å². The average Bonchev–Trinajstić information content (AvgIpc) is 2.77. The Bertz CT molecular complexity index is 1130. The summed E-state index contributed by atoms with van der Waals surface area (Å²) in [7, 11) is 0. The number of aliphatic imine (C=N–C) groups is 1. The predicted molar refractivity (Wildman–Crippen MR) is 127 cm³/mol. The van der Waals surface area contributed by atoms with Crippen LogP contribution in [0, 0.1) is 5.92 Å². The Hall–Kier alpha value is -2.54. The summed E-state index contributed by atoms with van der Waals surface area (Å²) in [5, 5.41) is 13.7. The van der Waals surface area contributed by atoms with Crippen molar-refractivity contribution in [1.82, 2.24) is 5.32 Å². The summed E-state index contributed by atoms with van der Waals surface area (Å²) in [6.45, 7) is 0. The Balaban J connectivity index is 1.89. The number of carbonyl (C=O) groups excluding carboxylic acids is 1. The Labute approximate surface area is 192 Å². The van der Waals surface area contributed by atoms with E-state index >= 15 is 0 Å². The van der Waals surface area contributed by atoms with Gasteiger partial charge in [-0.1, -0.05) is 72.3 Å². The SMILES string of the molecule is O=C(c1ccccc1)C1C(c2ccccc2)=NC(=S)NC1c1cc(Cl)c(O)c(Br)c1. The molecule has 0 spiro atoms. The third kappa shape index (κ3) is 4.03. The first-order valence-electron chi connectivity index (χ1n) is 9.17. The highest BCUT2D eigenvalue weighted by molar-refractivity contribution is 9.10. The summed E-state index contributed by atoms with van der Waals surface area (Å²) in [6.07, 6.45) is 0. The second-order valence-electron chi connectivity index (χ2n) is 6.83. The zero-order valence-electron chi connectivity index (χ0n) is 15.5. The van der Waals surface area contributed by atoms with Crippen molar-refractivity contribution >= 4 is 56.4 Å². The minimum absolute atomic E-state index is 0.0540. The maximum absolute atomic E-state index is 13.7. The van der Waals surface area contributed by atoms with Gasteiger partial charge in [0.1, 0.15) is 5.75 Å². The number of thiocarbonyl (C=S) groups is 1. The van der Waals surface area contributed by atoms with Gasteiger partial charge < -0.3 is 10.4 Å². The van der Waals surface area contributed by atoms with E-state index in [4.69, 9.17) is 23.8 Å². The van der Waals surface area contributed by atoms with Gasteiger partial charge in [-0.2, -0.15) is 0 Å². The molecule has 4 rings (SSSR count). The van der Waals surface area contributed by atoms with E-state index in [1.807, 2.05) is 48.5 Å². The van der Waals surface area contributed by atoms with Crippen LogP contribution in [0.25, 0.3) is 0 Å². The lowest BCUT2D eigenvalue weighted by Crippen LogP contribution is -2.44. The lowest BCUT2D eigenvalue weighted by atomic mass is 9.80. The molecule has 3 aromatic rings. The Morgan fingerprint density at radius 2 is 1.70 bits per heavy atom. The number of aromatic hydroxyl groups is 1. The number of phenols is 1. The van der Waals surface area contributed by atoms with Crippen LogP contribution in [-0.2, 0) is 0 Å². The highest BCUT2D eigenvalue weighted by atomic mass is 79.9. The van der Waals surface area contributed by atoms with Gasteiger partial charge in [0.2, 0.25) is 0 Å². The van der Waals surface area contributed by atoms with Crippen molar-refractivity contribution in [3.05, 3.63) is 99.0 Å². The zero-order chi connectivity index (χ0) is 21.3. The Morgan fingerprint density at radius 1 is 1.07 bits per heavy atom. The highest BCUT2D eigenvalue weighted by Crippen LogP contribution is 2.39. The quantitative estimate of drug-likeness (QED) is 0.356.